The molecule has 0 atom stereocenters. The quantitative estimate of drug-likeness (QED) is 0.785. The monoisotopic (exact) mass is 341 g/mol. The molecule has 1 nitrogen and oxygen atoms in total. The molecule has 0 aliphatic rings. The van der Waals surface area contributed by atoms with Gasteiger partial charge in [-0.15, -0.1) is 0 Å². The average Bonchev–Trinajstić information content (AvgIpc) is 2.40. The summed E-state index contributed by atoms with van der Waals surface area (Å²) in [5, 5.41) is 3.98. The van der Waals surface area contributed by atoms with E-state index in [1.807, 2.05) is 24.3 Å². The molecule has 0 aromatic heterocycles. The van der Waals surface area contributed by atoms with Gasteiger partial charge >= 0.3 is 0 Å². The molecule has 0 radical (unpaired) electrons. The molecule has 0 unspecified atom stereocenters. The Kier molecular flexibility index (Phi) is 5.37. The van der Waals surface area contributed by atoms with Crippen LogP contribution in [0.25, 0.3) is 0 Å². The zero-order valence-corrected chi connectivity index (χ0v) is 12.6. The van der Waals surface area contributed by atoms with Gasteiger partial charge in [-0.25, -0.2) is 4.39 Å². The Labute approximate surface area is 125 Å². The number of benzene rings is 2. The molecule has 4 heteroatoms. The molecule has 0 saturated heterocycles. The maximum absolute atomic E-state index is 13.5. The van der Waals surface area contributed by atoms with E-state index < -0.39 is 0 Å². The molecule has 1 N–H and O–H groups in total. The number of halogens is 3. The molecule has 100 valence electrons. The van der Waals surface area contributed by atoms with Crippen molar-refractivity contribution in [1.82, 2.24) is 5.32 Å². The first-order valence-corrected chi connectivity index (χ1v) is 7.21. The van der Waals surface area contributed by atoms with E-state index >= 15 is 0 Å². The van der Waals surface area contributed by atoms with Gasteiger partial charge in [-0.1, -0.05) is 39.7 Å². The molecular weight excluding hydrogens is 329 g/mol. The lowest BCUT2D eigenvalue weighted by Gasteiger charge is -2.07. The van der Waals surface area contributed by atoms with Crippen LogP contribution in [0.2, 0.25) is 5.02 Å². The van der Waals surface area contributed by atoms with Crippen LogP contribution in [0.1, 0.15) is 11.1 Å². The van der Waals surface area contributed by atoms with E-state index in [1.165, 1.54) is 11.6 Å². The van der Waals surface area contributed by atoms with Gasteiger partial charge in [0.2, 0.25) is 0 Å². The molecule has 0 bridgehead atoms. The maximum atomic E-state index is 13.5. The predicted octanol–water partition coefficient (Wildman–Crippen LogP) is 4.57. The fourth-order valence-electron chi connectivity index (χ4n) is 1.79. The average molecular weight is 343 g/mol. The molecule has 0 aliphatic carbocycles. The van der Waals surface area contributed by atoms with E-state index in [0.29, 0.717) is 12.1 Å². The summed E-state index contributed by atoms with van der Waals surface area (Å²) in [6, 6.07) is 12.7. The van der Waals surface area contributed by atoms with Gasteiger partial charge in [-0.2, -0.15) is 0 Å². The Morgan fingerprint density at radius 1 is 1.11 bits per heavy atom. The number of hydrogen-bond acceptors (Lipinski definition) is 1. The summed E-state index contributed by atoms with van der Waals surface area (Å²) in [4.78, 5) is 0. The largest absolute Gasteiger partial charge is 0.312 e. The molecule has 0 spiro atoms. The first kappa shape index (κ1) is 14.5. The van der Waals surface area contributed by atoms with E-state index in [9.17, 15) is 4.39 Å². The minimum absolute atomic E-state index is 0.179. The Hall–Kier alpha value is -0.900. The molecule has 2 aromatic rings. The normalized spacial score (nSPS) is 10.7. The van der Waals surface area contributed by atoms with Gasteiger partial charge < -0.3 is 5.32 Å². The summed E-state index contributed by atoms with van der Waals surface area (Å²) in [5.41, 5.74) is 1.89. The van der Waals surface area contributed by atoms with Crippen LogP contribution in [0, 0.1) is 5.82 Å². The van der Waals surface area contributed by atoms with E-state index in [1.54, 1.807) is 12.1 Å². The first-order valence-electron chi connectivity index (χ1n) is 6.04. The van der Waals surface area contributed by atoms with E-state index in [-0.39, 0.29) is 5.82 Å². The van der Waals surface area contributed by atoms with Gasteiger partial charge in [0.25, 0.3) is 0 Å². The van der Waals surface area contributed by atoms with Gasteiger partial charge in [-0.05, 0) is 48.9 Å². The summed E-state index contributed by atoms with van der Waals surface area (Å²) in [6.07, 6.45) is 0.896. The summed E-state index contributed by atoms with van der Waals surface area (Å²) in [5.74, 6) is -0.179. The smallest absolute Gasteiger partial charge is 0.127 e. The highest BCUT2D eigenvalue weighted by Crippen LogP contribution is 2.15. The molecule has 0 heterocycles. The third-order valence-corrected chi connectivity index (χ3v) is 3.57. The Bertz CT molecular complexity index is 542. The molecular formula is C15H14BrClFN. The Morgan fingerprint density at radius 3 is 2.58 bits per heavy atom. The summed E-state index contributed by atoms with van der Waals surface area (Å²) in [7, 11) is 0. The van der Waals surface area contributed by atoms with Crippen molar-refractivity contribution in [2.75, 3.05) is 6.54 Å². The van der Waals surface area contributed by atoms with Crippen molar-refractivity contribution in [2.24, 2.45) is 0 Å². The number of hydrogen-bond donors (Lipinski definition) is 1. The van der Waals surface area contributed by atoms with Crippen molar-refractivity contribution >= 4 is 27.5 Å². The lowest BCUT2D eigenvalue weighted by molar-refractivity contribution is 0.588. The van der Waals surface area contributed by atoms with Crippen molar-refractivity contribution in [3.63, 3.8) is 0 Å². The molecule has 0 fully saturated rings. The van der Waals surface area contributed by atoms with Crippen molar-refractivity contribution in [2.45, 2.75) is 13.0 Å². The fourth-order valence-corrected chi connectivity index (χ4v) is 2.32. The first-order chi connectivity index (χ1) is 9.15. The van der Waals surface area contributed by atoms with E-state index in [0.717, 1.165) is 22.5 Å². The maximum Gasteiger partial charge on any atom is 0.127 e. The van der Waals surface area contributed by atoms with Crippen LogP contribution in [-0.2, 0) is 13.0 Å². The van der Waals surface area contributed by atoms with Gasteiger partial charge in [0.1, 0.15) is 5.82 Å². The molecule has 2 aromatic carbocycles. The molecule has 2 rings (SSSR count). The second-order valence-corrected chi connectivity index (χ2v) is 5.64. The van der Waals surface area contributed by atoms with Crippen molar-refractivity contribution < 1.29 is 4.39 Å². The fraction of sp³-hybridized carbons (Fsp3) is 0.200. The third kappa shape index (κ3) is 4.60. The minimum atomic E-state index is -0.179. The number of rotatable bonds is 5. The standard InChI is InChI=1S/C15H14BrClFN/c16-13-3-6-15(18)12(9-13)10-19-8-7-11-1-4-14(17)5-2-11/h1-6,9,19H,7-8,10H2. The van der Waals surface area contributed by atoms with Crippen LogP contribution >= 0.6 is 27.5 Å². The van der Waals surface area contributed by atoms with Crippen molar-refractivity contribution in [3.8, 4) is 0 Å². The van der Waals surface area contributed by atoms with E-state index in [4.69, 9.17) is 11.6 Å². The van der Waals surface area contributed by atoms with Crippen LogP contribution in [-0.4, -0.2) is 6.54 Å². The van der Waals surface area contributed by atoms with Crippen LogP contribution < -0.4 is 5.32 Å². The lowest BCUT2D eigenvalue weighted by atomic mass is 10.1. The van der Waals surface area contributed by atoms with Gasteiger partial charge in [0, 0.05) is 21.6 Å². The number of nitrogens with one attached hydrogen (secondary N) is 1. The van der Waals surface area contributed by atoms with Gasteiger partial charge in [0.15, 0.2) is 0 Å². The van der Waals surface area contributed by atoms with Crippen LogP contribution in [0.5, 0.6) is 0 Å². The topological polar surface area (TPSA) is 12.0 Å². The van der Waals surface area contributed by atoms with Gasteiger partial charge in [-0.3, -0.25) is 0 Å². The van der Waals surface area contributed by atoms with Gasteiger partial charge in [0.05, 0.1) is 0 Å². The SMILES string of the molecule is Fc1ccc(Br)cc1CNCCc1ccc(Cl)cc1. The van der Waals surface area contributed by atoms with E-state index in [2.05, 4.69) is 21.2 Å². The van der Waals surface area contributed by atoms with Crippen LogP contribution in [0.15, 0.2) is 46.9 Å². The Balaban J connectivity index is 1.80. The molecule has 0 saturated carbocycles. The summed E-state index contributed by atoms with van der Waals surface area (Å²) >= 11 is 9.17. The minimum Gasteiger partial charge on any atom is -0.312 e. The lowest BCUT2D eigenvalue weighted by Crippen LogP contribution is -2.17. The highest BCUT2D eigenvalue weighted by molar-refractivity contribution is 9.10. The predicted molar refractivity (Wildman–Crippen MR) is 81.0 cm³/mol. The zero-order chi connectivity index (χ0) is 13.7. The highest BCUT2D eigenvalue weighted by Gasteiger charge is 2.02. The zero-order valence-electron chi connectivity index (χ0n) is 10.3. The Morgan fingerprint density at radius 2 is 1.84 bits per heavy atom. The van der Waals surface area contributed by atoms with Crippen molar-refractivity contribution in [3.05, 3.63) is 68.9 Å². The molecule has 0 amide bonds. The molecule has 0 aliphatic heterocycles. The van der Waals surface area contributed by atoms with Crippen molar-refractivity contribution in [1.29, 1.82) is 0 Å². The summed E-state index contributed by atoms with van der Waals surface area (Å²) < 4.78 is 14.4. The third-order valence-electron chi connectivity index (χ3n) is 2.83. The second kappa shape index (κ2) is 7.04. The second-order valence-electron chi connectivity index (χ2n) is 4.29. The highest BCUT2D eigenvalue weighted by atomic mass is 79.9. The molecule has 19 heavy (non-hydrogen) atoms. The summed E-state index contributed by atoms with van der Waals surface area (Å²) in [6.45, 7) is 1.33. The van der Waals surface area contributed by atoms with Crippen LogP contribution in [0.3, 0.4) is 0 Å². The van der Waals surface area contributed by atoms with Crippen LogP contribution in [0.4, 0.5) is 4.39 Å².